The van der Waals surface area contributed by atoms with Crippen LogP contribution in [-0.2, 0) is 9.59 Å². The quantitative estimate of drug-likeness (QED) is 0.351. The molecule has 0 bridgehead atoms. The SMILES string of the molecule is O=C(O)COc1ccc([C@@H]2[C@@H](SCC(=O)c3ccc(F)cc3)C(=O)N2c2ccccc2)c(O)c1. The number of carbonyl (C=O) groups is 3. The average molecular weight is 482 g/mol. The Morgan fingerprint density at radius 1 is 1.03 bits per heavy atom. The van der Waals surface area contributed by atoms with Crippen molar-refractivity contribution in [2.45, 2.75) is 11.3 Å². The Kier molecular flexibility index (Phi) is 6.83. The van der Waals surface area contributed by atoms with Gasteiger partial charge in [0.05, 0.1) is 11.8 Å². The van der Waals surface area contributed by atoms with Gasteiger partial charge in [0.15, 0.2) is 12.4 Å². The number of para-hydroxylation sites is 1. The van der Waals surface area contributed by atoms with E-state index in [1.165, 1.54) is 36.4 Å². The molecule has 1 amide bonds. The number of β-lactam (4-membered cyclic amide) rings is 1. The van der Waals surface area contributed by atoms with E-state index >= 15 is 0 Å². The number of halogens is 1. The summed E-state index contributed by atoms with van der Waals surface area (Å²) >= 11 is 1.15. The minimum absolute atomic E-state index is 0.00172. The number of phenols is 1. The lowest BCUT2D eigenvalue weighted by atomic mass is 9.91. The fraction of sp³-hybridized carbons (Fsp3) is 0.160. The van der Waals surface area contributed by atoms with Crippen molar-refractivity contribution in [3.05, 3.63) is 89.7 Å². The smallest absolute Gasteiger partial charge is 0.341 e. The molecule has 2 N–H and O–H groups in total. The van der Waals surface area contributed by atoms with E-state index in [-0.39, 0.29) is 28.9 Å². The maximum Gasteiger partial charge on any atom is 0.341 e. The zero-order valence-electron chi connectivity index (χ0n) is 17.8. The highest BCUT2D eigenvalue weighted by atomic mass is 32.2. The van der Waals surface area contributed by atoms with E-state index in [2.05, 4.69) is 0 Å². The molecule has 34 heavy (non-hydrogen) atoms. The molecule has 7 nitrogen and oxygen atoms in total. The number of phenolic OH excluding ortho intramolecular Hbond substituents is 1. The molecule has 0 unspecified atom stereocenters. The predicted octanol–water partition coefficient (Wildman–Crippen LogP) is 4.07. The summed E-state index contributed by atoms with van der Waals surface area (Å²) in [5, 5.41) is 18.8. The Bertz CT molecular complexity index is 1220. The van der Waals surface area contributed by atoms with Crippen LogP contribution in [-0.4, -0.2) is 45.5 Å². The lowest BCUT2D eigenvalue weighted by Gasteiger charge is -2.47. The minimum Gasteiger partial charge on any atom is -0.507 e. The molecule has 3 aromatic rings. The highest BCUT2D eigenvalue weighted by molar-refractivity contribution is 8.01. The molecule has 1 saturated heterocycles. The number of hydrogen-bond acceptors (Lipinski definition) is 6. The number of Topliss-reactive ketones (excluding diaryl/α,β-unsaturated/α-hetero) is 1. The van der Waals surface area contributed by atoms with Crippen molar-refractivity contribution < 1.29 is 33.7 Å². The van der Waals surface area contributed by atoms with E-state index in [1.807, 2.05) is 6.07 Å². The predicted molar refractivity (Wildman–Crippen MR) is 125 cm³/mol. The maximum absolute atomic E-state index is 13.1. The van der Waals surface area contributed by atoms with E-state index < -0.39 is 29.7 Å². The molecule has 2 atom stereocenters. The van der Waals surface area contributed by atoms with E-state index in [4.69, 9.17) is 9.84 Å². The summed E-state index contributed by atoms with van der Waals surface area (Å²) in [6.45, 7) is -0.555. The van der Waals surface area contributed by atoms with Crippen molar-refractivity contribution in [3.63, 3.8) is 0 Å². The fourth-order valence-electron chi connectivity index (χ4n) is 3.70. The van der Waals surface area contributed by atoms with E-state index in [1.54, 1.807) is 35.2 Å². The van der Waals surface area contributed by atoms with Gasteiger partial charge in [-0.2, -0.15) is 0 Å². The molecule has 0 aliphatic carbocycles. The van der Waals surface area contributed by atoms with Crippen LogP contribution in [0.15, 0.2) is 72.8 Å². The standard InChI is InChI=1S/C25H20FNO6S/c26-16-8-6-15(7-9-16)21(29)14-34-24-23(27(25(24)32)17-4-2-1-3-5-17)19-11-10-18(12-20(19)28)33-13-22(30)31/h1-12,23-24,28H,13-14H2,(H,30,31)/t23-,24-/m1/s1. The fourth-order valence-corrected chi connectivity index (χ4v) is 4.90. The normalized spacial score (nSPS) is 17.2. The van der Waals surface area contributed by atoms with Crippen LogP contribution in [0.25, 0.3) is 0 Å². The van der Waals surface area contributed by atoms with Crippen molar-refractivity contribution in [1.29, 1.82) is 0 Å². The van der Waals surface area contributed by atoms with Crippen molar-refractivity contribution in [2.24, 2.45) is 0 Å². The first-order valence-electron chi connectivity index (χ1n) is 10.3. The number of amides is 1. The van der Waals surface area contributed by atoms with Gasteiger partial charge in [-0.05, 0) is 48.5 Å². The molecule has 0 aromatic heterocycles. The van der Waals surface area contributed by atoms with Gasteiger partial charge in [-0.3, -0.25) is 9.59 Å². The molecule has 1 fully saturated rings. The van der Waals surface area contributed by atoms with Gasteiger partial charge in [0.1, 0.15) is 22.6 Å². The first kappa shape index (κ1) is 23.3. The molecule has 0 spiro atoms. The molecule has 1 aliphatic rings. The van der Waals surface area contributed by atoms with E-state index in [9.17, 15) is 23.9 Å². The summed E-state index contributed by atoms with van der Waals surface area (Å²) in [5.74, 6) is -2.01. The number of hydrogen-bond donors (Lipinski definition) is 2. The number of nitrogens with zero attached hydrogens (tertiary/aromatic N) is 1. The van der Waals surface area contributed by atoms with Crippen LogP contribution < -0.4 is 9.64 Å². The van der Waals surface area contributed by atoms with Crippen LogP contribution in [0, 0.1) is 5.82 Å². The van der Waals surface area contributed by atoms with Gasteiger partial charge >= 0.3 is 5.97 Å². The lowest BCUT2D eigenvalue weighted by molar-refractivity contribution is -0.139. The zero-order chi connectivity index (χ0) is 24.2. The van der Waals surface area contributed by atoms with Gasteiger partial charge in [0.25, 0.3) is 0 Å². The van der Waals surface area contributed by atoms with Gasteiger partial charge in [0.2, 0.25) is 5.91 Å². The zero-order valence-corrected chi connectivity index (χ0v) is 18.6. The second-order valence-electron chi connectivity index (χ2n) is 7.55. The largest absolute Gasteiger partial charge is 0.507 e. The van der Waals surface area contributed by atoms with E-state index in [0.29, 0.717) is 16.8 Å². The maximum atomic E-state index is 13.1. The Hall–Kier alpha value is -3.85. The summed E-state index contributed by atoms with van der Waals surface area (Å²) in [6.07, 6.45) is 0. The number of aliphatic carboxylic acids is 1. The van der Waals surface area contributed by atoms with E-state index in [0.717, 1.165) is 11.8 Å². The van der Waals surface area contributed by atoms with Crippen molar-refractivity contribution >= 4 is 35.1 Å². The summed E-state index contributed by atoms with van der Waals surface area (Å²) in [4.78, 5) is 37.9. The summed E-state index contributed by atoms with van der Waals surface area (Å²) in [5.41, 5.74) is 1.43. The van der Waals surface area contributed by atoms with Gasteiger partial charge in [-0.25, -0.2) is 9.18 Å². The molecule has 0 radical (unpaired) electrons. The Morgan fingerprint density at radius 2 is 1.74 bits per heavy atom. The van der Waals surface area contributed by atoms with Crippen molar-refractivity contribution in [2.75, 3.05) is 17.3 Å². The number of thioether (sulfide) groups is 1. The molecule has 1 aliphatic heterocycles. The number of rotatable bonds is 9. The van der Waals surface area contributed by atoms with Gasteiger partial charge < -0.3 is 19.8 Å². The second kappa shape index (κ2) is 9.96. The summed E-state index contributed by atoms with van der Waals surface area (Å²) in [6, 6.07) is 18.0. The monoisotopic (exact) mass is 481 g/mol. The average Bonchev–Trinajstić information content (AvgIpc) is 2.82. The van der Waals surface area contributed by atoms with Crippen LogP contribution in [0.5, 0.6) is 11.5 Å². The highest BCUT2D eigenvalue weighted by Crippen LogP contribution is 2.48. The lowest BCUT2D eigenvalue weighted by Crippen LogP contribution is -2.57. The number of ether oxygens (including phenoxy) is 1. The number of ketones is 1. The number of anilines is 1. The van der Waals surface area contributed by atoms with Gasteiger partial charge in [0, 0.05) is 22.9 Å². The number of carboxylic acids is 1. The van der Waals surface area contributed by atoms with Crippen LogP contribution >= 0.6 is 11.8 Å². The molecule has 1 heterocycles. The third-order valence-corrected chi connectivity index (χ3v) is 6.57. The van der Waals surface area contributed by atoms with Crippen LogP contribution in [0.2, 0.25) is 0 Å². The summed E-state index contributed by atoms with van der Waals surface area (Å²) < 4.78 is 18.3. The first-order chi connectivity index (χ1) is 16.3. The van der Waals surface area contributed by atoms with Crippen molar-refractivity contribution in [3.8, 4) is 11.5 Å². The van der Waals surface area contributed by atoms with Crippen molar-refractivity contribution in [1.82, 2.24) is 0 Å². The Balaban J connectivity index is 1.57. The number of carbonyl (C=O) groups excluding carboxylic acids is 2. The second-order valence-corrected chi connectivity index (χ2v) is 8.68. The molecular formula is C25H20FNO6S. The molecule has 174 valence electrons. The topological polar surface area (TPSA) is 104 Å². The number of carboxylic acid groups (broad SMARTS) is 1. The third-order valence-electron chi connectivity index (χ3n) is 5.32. The summed E-state index contributed by atoms with van der Waals surface area (Å²) in [7, 11) is 0. The molecule has 4 rings (SSSR count). The number of benzene rings is 3. The molecule has 3 aromatic carbocycles. The van der Waals surface area contributed by atoms with Gasteiger partial charge in [-0.15, -0.1) is 11.8 Å². The Morgan fingerprint density at radius 3 is 2.38 bits per heavy atom. The van der Waals surface area contributed by atoms with Crippen LogP contribution in [0.4, 0.5) is 10.1 Å². The Labute approximate surface area is 198 Å². The minimum atomic E-state index is -1.15. The first-order valence-corrected chi connectivity index (χ1v) is 11.4. The molecule has 0 saturated carbocycles. The highest BCUT2D eigenvalue weighted by Gasteiger charge is 2.50. The van der Waals surface area contributed by atoms with Crippen LogP contribution in [0.1, 0.15) is 22.0 Å². The molecular weight excluding hydrogens is 461 g/mol. The third kappa shape index (κ3) is 4.89. The molecule has 9 heteroatoms. The van der Waals surface area contributed by atoms with Gasteiger partial charge in [-0.1, -0.05) is 18.2 Å². The number of aromatic hydroxyl groups is 1. The van der Waals surface area contributed by atoms with Crippen LogP contribution in [0.3, 0.4) is 0 Å².